The third-order valence-corrected chi connectivity index (χ3v) is 4.37. The topological polar surface area (TPSA) is 61.8 Å². The van der Waals surface area contributed by atoms with Gasteiger partial charge < -0.3 is 14.2 Å². The predicted molar refractivity (Wildman–Crippen MR) is 111 cm³/mol. The van der Waals surface area contributed by atoms with Gasteiger partial charge in [-0.15, -0.1) is 0 Å². The summed E-state index contributed by atoms with van der Waals surface area (Å²) in [6.07, 6.45) is -0.737. The molecule has 3 rings (SSSR count). The van der Waals surface area contributed by atoms with Crippen molar-refractivity contribution >= 4 is 22.7 Å². The molecule has 0 saturated carbocycles. The molecule has 0 bridgehead atoms. The standard InChI is InChI=1S/C24H24O5/c1-17(27-16-18(2)29-24(26)20-9-4-3-5-10-20)15-28-23(25)22-13-12-19-8-6-7-11-21(19)14-22/h3-14,17-18H,15-16H2,1-2H3. The number of fused-ring (bicyclic) bond motifs is 1. The normalized spacial score (nSPS) is 12.9. The van der Waals surface area contributed by atoms with Crippen LogP contribution in [0.5, 0.6) is 0 Å². The summed E-state index contributed by atoms with van der Waals surface area (Å²) in [4.78, 5) is 24.3. The van der Waals surface area contributed by atoms with E-state index in [9.17, 15) is 9.59 Å². The van der Waals surface area contributed by atoms with Crippen LogP contribution in [0.25, 0.3) is 10.8 Å². The van der Waals surface area contributed by atoms with E-state index < -0.39 is 18.0 Å². The molecular formula is C24H24O5. The molecule has 3 aromatic rings. The average molecular weight is 392 g/mol. The van der Waals surface area contributed by atoms with Crippen molar-refractivity contribution in [1.29, 1.82) is 0 Å². The summed E-state index contributed by atoms with van der Waals surface area (Å²) in [5.41, 5.74) is 0.998. The Labute approximate surface area is 170 Å². The first-order chi connectivity index (χ1) is 14.0. The van der Waals surface area contributed by atoms with Crippen LogP contribution in [-0.4, -0.2) is 37.4 Å². The Kier molecular flexibility index (Phi) is 6.98. The smallest absolute Gasteiger partial charge is 0.338 e. The van der Waals surface area contributed by atoms with Gasteiger partial charge in [0.1, 0.15) is 12.7 Å². The highest BCUT2D eigenvalue weighted by Gasteiger charge is 2.15. The van der Waals surface area contributed by atoms with Crippen molar-refractivity contribution in [1.82, 2.24) is 0 Å². The molecule has 0 spiro atoms. The fourth-order valence-corrected chi connectivity index (χ4v) is 2.80. The third-order valence-electron chi connectivity index (χ3n) is 4.37. The molecule has 2 atom stereocenters. The average Bonchev–Trinajstić information content (AvgIpc) is 2.76. The monoisotopic (exact) mass is 392 g/mol. The summed E-state index contributed by atoms with van der Waals surface area (Å²) in [5, 5.41) is 2.06. The Balaban J connectivity index is 1.42. The highest BCUT2D eigenvalue weighted by Crippen LogP contribution is 2.16. The molecule has 150 valence electrons. The SMILES string of the molecule is CC(COC(=O)c1ccc2ccccc2c1)OCC(C)OC(=O)c1ccccc1. The van der Waals surface area contributed by atoms with E-state index >= 15 is 0 Å². The molecule has 0 aliphatic heterocycles. The first kappa shape index (κ1) is 20.6. The fraction of sp³-hybridized carbons (Fsp3) is 0.250. The molecule has 0 radical (unpaired) electrons. The molecule has 5 heteroatoms. The maximum Gasteiger partial charge on any atom is 0.338 e. The van der Waals surface area contributed by atoms with Gasteiger partial charge in [0.2, 0.25) is 0 Å². The van der Waals surface area contributed by atoms with Crippen molar-refractivity contribution in [2.45, 2.75) is 26.1 Å². The van der Waals surface area contributed by atoms with E-state index in [-0.39, 0.29) is 19.3 Å². The minimum atomic E-state index is -0.415. The number of carbonyl (C=O) groups excluding carboxylic acids is 2. The second kappa shape index (κ2) is 9.85. The number of ether oxygens (including phenoxy) is 3. The lowest BCUT2D eigenvalue weighted by Crippen LogP contribution is -2.26. The minimum Gasteiger partial charge on any atom is -0.459 e. The van der Waals surface area contributed by atoms with Crippen molar-refractivity contribution < 1.29 is 23.8 Å². The zero-order chi connectivity index (χ0) is 20.6. The summed E-state index contributed by atoms with van der Waals surface area (Å²) in [7, 11) is 0. The molecule has 0 saturated heterocycles. The van der Waals surface area contributed by atoms with Crippen LogP contribution in [0.1, 0.15) is 34.6 Å². The van der Waals surface area contributed by atoms with E-state index in [4.69, 9.17) is 14.2 Å². The molecule has 0 aliphatic rings. The van der Waals surface area contributed by atoms with E-state index in [0.717, 1.165) is 10.8 Å². The van der Waals surface area contributed by atoms with Crippen molar-refractivity contribution in [3.8, 4) is 0 Å². The lowest BCUT2D eigenvalue weighted by Gasteiger charge is -2.18. The Hall–Kier alpha value is -3.18. The number of hydrogen-bond donors (Lipinski definition) is 0. The van der Waals surface area contributed by atoms with Crippen LogP contribution >= 0.6 is 0 Å². The van der Waals surface area contributed by atoms with Crippen molar-refractivity contribution in [2.75, 3.05) is 13.2 Å². The molecule has 0 heterocycles. The van der Waals surface area contributed by atoms with Crippen LogP contribution in [0.2, 0.25) is 0 Å². The Morgan fingerprint density at radius 1 is 0.724 bits per heavy atom. The van der Waals surface area contributed by atoms with Crippen LogP contribution in [0.4, 0.5) is 0 Å². The Bertz CT molecular complexity index is 967. The molecule has 29 heavy (non-hydrogen) atoms. The molecule has 0 aliphatic carbocycles. The number of benzene rings is 3. The van der Waals surface area contributed by atoms with Crippen molar-refractivity contribution in [3.05, 3.63) is 83.9 Å². The molecule has 0 fully saturated rings. The van der Waals surface area contributed by atoms with Gasteiger partial charge in [0.25, 0.3) is 0 Å². The van der Waals surface area contributed by atoms with E-state index in [1.807, 2.05) is 42.5 Å². The molecule has 0 amide bonds. The fourth-order valence-electron chi connectivity index (χ4n) is 2.80. The van der Waals surface area contributed by atoms with Gasteiger partial charge in [-0.3, -0.25) is 0 Å². The summed E-state index contributed by atoms with van der Waals surface area (Å²) in [5.74, 6) is -0.785. The molecular weight excluding hydrogens is 368 g/mol. The zero-order valence-electron chi connectivity index (χ0n) is 16.5. The third kappa shape index (κ3) is 5.90. The quantitative estimate of drug-likeness (QED) is 0.522. The van der Waals surface area contributed by atoms with Crippen LogP contribution in [0, 0.1) is 0 Å². The molecule has 0 aromatic heterocycles. The highest BCUT2D eigenvalue weighted by atomic mass is 16.6. The minimum absolute atomic E-state index is 0.116. The maximum atomic E-state index is 12.3. The summed E-state index contributed by atoms with van der Waals surface area (Å²) < 4.78 is 16.3. The van der Waals surface area contributed by atoms with Gasteiger partial charge >= 0.3 is 11.9 Å². The van der Waals surface area contributed by atoms with Crippen molar-refractivity contribution in [3.63, 3.8) is 0 Å². The van der Waals surface area contributed by atoms with Crippen LogP contribution < -0.4 is 0 Å². The number of hydrogen-bond acceptors (Lipinski definition) is 5. The molecule has 3 aromatic carbocycles. The van der Waals surface area contributed by atoms with Crippen LogP contribution in [-0.2, 0) is 14.2 Å². The Morgan fingerprint density at radius 3 is 2.17 bits per heavy atom. The summed E-state index contributed by atoms with van der Waals surface area (Å²) in [6, 6.07) is 22.1. The van der Waals surface area contributed by atoms with Gasteiger partial charge in [-0.25, -0.2) is 9.59 Å². The second-order valence-corrected chi connectivity index (χ2v) is 6.89. The maximum absolute atomic E-state index is 12.3. The van der Waals surface area contributed by atoms with E-state index in [2.05, 4.69) is 0 Å². The van der Waals surface area contributed by atoms with E-state index in [0.29, 0.717) is 11.1 Å². The number of carbonyl (C=O) groups is 2. The molecule has 2 unspecified atom stereocenters. The summed E-state index contributed by atoms with van der Waals surface area (Å²) >= 11 is 0. The van der Waals surface area contributed by atoms with E-state index in [1.54, 1.807) is 44.2 Å². The van der Waals surface area contributed by atoms with Gasteiger partial charge in [0.15, 0.2) is 0 Å². The predicted octanol–water partition coefficient (Wildman–Crippen LogP) is 4.65. The van der Waals surface area contributed by atoms with E-state index in [1.165, 1.54) is 0 Å². The highest BCUT2D eigenvalue weighted by molar-refractivity contribution is 5.95. The Morgan fingerprint density at radius 2 is 1.41 bits per heavy atom. The van der Waals surface area contributed by atoms with Crippen LogP contribution in [0.3, 0.4) is 0 Å². The molecule has 0 N–H and O–H groups in total. The number of esters is 2. The number of rotatable bonds is 8. The van der Waals surface area contributed by atoms with Gasteiger partial charge in [0.05, 0.1) is 23.8 Å². The summed E-state index contributed by atoms with van der Waals surface area (Å²) in [6.45, 7) is 3.90. The van der Waals surface area contributed by atoms with Crippen molar-refractivity contribution in [2.24, 2.45) is 0 Å². The largest absolute Gasteiger partial charge is 0.459 e. The van der Waals surface area contributed by atoms with Gasteiger partial charge in [-0.1, -0.05) is 48.5 Å². The lowest BCUT2D eigenvalue weighted by molar-refractivity contribution is -0.0379. The first-order valence-corrected chi connectivity index (χ1v) is 9.56. The second-order valence-electron chi connectivity index (χ2n) is 6.89. The zero-order valence-corrected chi connectivity index (χ0v) is 16.5. The van der Waals surface area contributed by atoms with Crippen LogP contribution in [0.15, 0.2) is 72.8 Å². The first-order valence-electron chi connectivity index (χ1n) is 9.56. The van der Waals surface area contributed by atoms with Gasteiger partial charge in [-0.05, 0) is 48.9 Å². The van der Waals surface area contributed by atoms with Gasteiger partial charge in [0, 0.05) is 0 Å². The lowest BCUT2D eigenvalue weighted by atomic mass is 10.1. The van der Waals surface area contributed by atoms with Gasteiger partial charge in [-0.2, -0.15) is 0 Å². The molecule has 5 nitrogen and oxygen atoms in total.